The molecule has 4 unspecified atom stereocenters. The molecule has 1 aliphatic rings. The molecule has 4 atom stereocenters. The maximum atomic E-state index is 12.5. The summed E-state index contributed by atoms with van der Waals surface area (Å²) in [7, 11) is 0. The number of aliphatic hydroxyl groups is 2. The molecule has 3 aromatic carbocycles. The number of allylic oxidation sites excluding steroid dienone is 3. The molecular weight excluding hydrogens is 658 g/mol. The van der Waals surface area contributed by atoms with Crippen molar-refractivity contribution in [3.63, 3.8) is 0 Å². The number of carbonyl (C=O) groups is 1. The van der Waals surface area contributed by atoms with Gasteiger partial charge in [-0.15, -0.1) is 10.2 Å². The first-order chi connectivity index (χ1) is 24.5. The van der Waals surface area contributed by atoms with E-state index in [4.69, 9.17) is 13.9 Å². The number of hydrogen-bond donors (Lipinski definition) is 4. The van der Waals surface area contributed by atoms with E-state index in [9.17, 15) is 35.5 Å². The fourth-order valence-electron chi connectivity index (χ4n) is 6.00. The summed E-state index contributed by atoms with van der Waals surface area (Å²) in [5.41, 5.74) is 2.69. The van der Waals surface area contributed by atoms with Crippen LogP contribution in [0.5, 0.6) is 11.5 Å². The summed E-state index contributed by atoms with van der Waals surface area (Å²) in [4.78, 5) is 23.6. The van der Waals surface area contributed by atoms with Crippen LogP contribution >= 0.6 is 0 Å². The molecule has 5 rings (SSSR count). The molecule has 0 amide bonds. The SMILES string of the molecule is Cc1ccccc1C1=CC=CC(COc2cc(OCc3cccc(C#N)c3)c(CNC(C(=O)O)C(C)O)cc2[N+](=O)[O-])(c2nnc(CO)o2)C1C. The molecule has 51 heavy (non-hydrogen) atoms. The molecule has 0 spiro atoms. The lowest BCUT2D eigenvalue weighted by Crippen LogP contribution is -2.44. The van der Waals surface area contributed by atoms with E-state index in [2.05, 4.69) is 21.6 Å². The van der Waals surface area contributed by atoms with E-state index in [0.29, 0.717) is 11.1 Å². The lowest BCUT2D eigenvalue weighted by molar-refractivity contribution is -0.386. The summed E-state index contributed by atoms with van der Waals surface area (Å²) in [6, 6.07) is 17.9. The Hall–Kier alpha value is -5.88. The van der Waals surface area contributed by atoms with Gasteiger partial charge in [-0.2, -0.15) is 5.26 Å². The first-order valence-electron chi connectivity index (χ1n) is 16.1. The zero-order chi connectivity index (χ0) is 36.7. The van der Waals surface area contributed by atoms with Crippen molar-refractivity contribution in [2.45, 2.75) is 58.1 Å². The number of aliphatic carboxylic acids is 1. The zero-order valence-corrected chi connectivity index (χ0v) is 28.1. The number of benzene rings is 3. The van der Waals surface area contributed by atoms with Gasteiger partial charge in [-0.05, 0) is 48.2 Å². The first-order valence-corrected chi connectivity index (χ1v) is 16.1. The molecule has 4 aromatic rings. The smallest absolute Gasteiger partial charge is 0.323 e. The molecule has 0 bridgehead atoms. The van der Waals surface area contributed by atoms with Gasteiger partial charge in [0, 0.05) is 30.2 Å². The second-order valence-corrected chi connectivity index (χ2v) is 12.2. The van der Waals surface area contributed by atoms with Crippen molar-refractivity contribution in [3.8, 4) is 17.6 Å². The highest BCUT2D eigenvalue weighted by Gasteiger charge is 2.45. The summed E-state index contributed by atoms with van der Waals surface area (Å²) < 4.78 is 18.3. The number of aliphatic hydroxyl groups excluding tert-OH is 2. The molecule has 4 N–H and O–H groups in total. The second kappa shape index (κ2) is 15.8. The van der Waals surface area contributed by atoms with Crippen LogP contribution in [0, 0.1) is 34.3 Å². The molecule has 0 saturated carbocycles. The molecule has 1 heterocycles. The van der Waals surface area contributed by atoms with Crippen LogP contribution < -0.4 is 14.8 Å². The van der Waals surface area contributed by atoms with E-state index in [0.717, 1.165) is 16.7 Å². The fourth-order valence-corrected chi connectivity index (χ4v) is 6.00. The number of ether oxygens (including phenoxy) is 2. The van der Waals surface area contributed by atoms with E-state index in [1.807, 2.05) is 56.3 Å². The monoisotopic (exact) mass is 695 g/mol. The Kier molecular flexibility index (Phi) is 11.3. The number of rotatable bonds is 15. The molecule has 14 heteroatoms. The quantitative estimate of drug-likeness (QED) is 0.0976. The number of carboxylic acid groups (broad SMARTS) is 1. The maximum Gasteiger partial charge on any atom is 0.323 e. The molecule has 0 radical (unpaired) electrons. The van der Waals surface area contributed by atoms with Gasteiger partial charge in [0.25, 0.3) is 0 Å². The van der Waals surface area contributed by atoms with Crippen molar-refractivity contribution in [2.24, 2.45) is 5.92 Å². The summed E-state index contributed by atoms with van der Waals surface area (Å²) in [6.07, 6.45) is 4.38. The topological polar surface area (TPSA) is 214 Å². The molecule has 1 aliphatic carbocycles. The number of hydrogen-bond acceptors (Lipinski definition) is 12. The third kappa shape index (κ3) is 7.97. The standard InChI is InChI=1S/C37H37N5O9/c1-22-8-4-5-11-28(22)29-12-7-13-37(23(29)2,36-41-40-33(19-43)51-36)21-50-32-16-31(49-20-26-10-6-9-25(14-26)17-38)27(15-30(32)42(47)48)18-39-34(24(3)44)35(45)46/h4-16,23-24,34,39,43-44H,18-21H2,1-3H3,(H,45,46). The summed E-state index contributed by atoms with van der Waals surface area (Å²) >= 11 is 0. The van der Waals surface area contributed by atoms with Gasteiger partial charge in [-0.1, -0.05) is 61.5 Å². The number of nitro benzene ring substituents is 1. The predicted molar refractivity (Wildman–Crippen MR) is 183 cm³/mol. The summed E-state index contributed by atoms with van der Waals surface area (Å²) in [5, 5.41) is 62.1. The molecular formula is C37H37N5O9. The van der Waals surface area contributed by atoms with Crippen LogP contribution in [0.25, 0.3) is 5.57 Å². The summed E-state index contributed by atoms with van der Waals surface area (Å²) in [5.74, 6) is -1.53. The third-order valence-corrected chi connectivity index (χ3v) is 8.88. The lowest BCUT2D eigenvalue weighted by Gasteiger charge is -2.37. The highest BCUT2D eigenvalue weighted by Crippen LogP contribution is 2.46. The number of nitriles is 1. The Morgan fingerprint density at radius 3 is 2.61 bits per heavy atom. The zero-order valence-electron chi connectivity index (χ0n) is 28.1. The van der Waals surface area contributed by atoms with Crippen molar-refractivity contribution in [3.05, 3.63) is 129 Å². The number of aryl methyl sites for hydroxylation is 1. The second-order valence-electron chi connectivity index (χ2n) is 12.2. The van der Waals surface area contributed by atoms with Crippen LogP contribution in [0.2, 0.25) is 0 Å². The Morgan fingerprint density at radius 1 is 1.16 bits per heavy atom. The largest absolute Gasteiger partial charge is 0.488 e. The van der Waals surface area contributed by atoms with Gasteiger partial charge < -0.3 is 29.2 Å². The Balaban J connectivity index is 1.55. The van der Waals surface area contributed by atoms with E-state index in [-0.39, 0.29) is 54.5 Å². The van der Waals surface area contributed by atoms with Crippen LogP contribution in [0.4, 0.5) is 5.69 Å². The van der Waals surface area contributed by atoms with Crippen LogP contribution in [-0.2, 0) is 30.0 Å². The first kappa shape index (κ1) is 36.4. The van der Waals surface area contributed by atoms with Crippen molar-refractivity contribution >= 4 is 17.2 Å². The van der Waals surface area contributed by atoms with Gasteiger partial charge in [-0.25, -0.2) is 0 Å². The van der Waals surface area contributed by atoms with Crippen molar-refractivity contribution in [1.29, 1.82) is 5.26 Å². The van der Waals surface area contributed by atoms with Crippen LogP contribution in [-0.4, -0.2) is 55.2 Å². The predicted octanol–water partition coefficient (Wildman–Crippen LogP) is 4.76. The number of aromatic nitrogens is 2. The van der Waals surface area contributed by atoms with Gasteiger partial charge in [0.2, 0.25) is 17.5 Å². The maximum absolute atomic E-state index is 12.5. The average Bonchev–Trinajstić information content (AvgIpc) is 3.61. The molecule has 14 nitrogen and oxygen atoms in total. The molecule has 0 saturated heterocycles. The minimum absolute atomic E-state index is 0.00665. The van der Waals surface area contributed by atoms with Crippen molar-refractivity contribution in [2.75, 3.05) is 6.61 Å². The normalized spacial score (nSPS) is 18.0. The number of nitrogens with one attached hydrogen (secondary N) is 1. The minimum Gasteiger partial charge on any atom is -0.488 e. The highest BCUT2D eigenvalue weighted by atomic mass is 16.6. The van der Waals surface area contributed by atoms with Gasteiger partial charge in [0.05, 0.1) is 22.7 Å². The van der Waals surface area contributed by atoms with Crippen LogP contribution in [0.1, 0.15) is 53.4 Å². The molecule has 0 fully saturated rings. The highest BCUT2D eigenvalue weighted by molar-refractivity contribution is 5.75. The van der Waals surface area contributed by atoms with Crippen LogP contribution in [0.15, 0.2) is 83.3 Å². The Morgan fingerprint density at radius 2 is 1.94 bits per heavy atom. The van der Waals surface area contributed by atoms with Gasteiger partial charge >= 0.3 is 11.7 Å². The molecule has 0 aliphatic heterocycles. The van der Waals surface area contributed by atoms with E-state index in [1.54, 1.807) is 24.3 Å². The van der Waals surface area contributed by atoms with Crippen molar-refractivity contribution in [1.82, 2.24) is 15.5 Å². The van der Waals surface area contributed by atoms with Crippen LogP contribution in [0.3, 0.4) is 0 Å². The number of carboxylic acids is 1. The molecule has 1 aromatic heterocycles. The third-order valence-electron chi connectivity index (χ3n) is 8.88. The van der Waals surface area contributed by atoms with Gasteiger partial charge in [-0.3, -0.25) is 20.2 Å². The molecule has 264 valence electrons. The number of nitro groups is 1. The lowest BCUT2D eigenvalue weighted by atomic mass is 9.68. The van der Waals surface area contributed by atoms with E-state index in [1.165, 1.54) is 19.1 Å². The minimum atomic E-state index is -1.37. The number of nitrogens with zero attached hydrogens (tertiary/aromatic N) is 4. The summed E-state index contributed by atoms with van der Waals surface area (Å²) in [6.45, 7) is 4.34. The van der Waals surface area contributed by atoms with E-state index >= 15 is 0 Å². The average molecular weight is 696 g/mol. The fraction of sp³-hybridized carbons (Fsp3) is 0.297. The van der Waals surface area contributed by atoms with Gasteiger partial charge in [0.1, 0.15) is 37.0 Å². The van der Waals surface area contributed by atoms with E-state index < -0.39 is 40.7 Å². The Labute approximate surface area is 293 Å². The van der Waals surface area contributed by atoms with Crippen molar-refractivity contribution < 1.29 is 38.9 Å². The van der Waals surface area contributed by atoms with Gasteiger partial charge in [0.15, 0.2) is 0 Å². The Bertz CT molecular complexity index is 2020.